The normalized spacial score (nSPS) is 27.1. The number of hydrogen-bond donors (Lipinski definition) is 0. The summed E-state index contributed by atoms with van der Waals surface area (Å²) < 4.78 is 5.26. The number of carbonyl (C=O) groups excluding carboxylic acids is 1. The predicted octanol–water partition coefficient (Wildman–Crippen LogP) is 1.96. The molecule has 0 saturated carbocycles. The third-order valence-electron chi connectivity index (χ3n) is 4.64. The summed E-state index contributed by atoms with van der Waals surface area (Å²) in [7, 11) is 2.13. The van der Waals surface area contributed by atoms with E-state index < -0.39 is 0 Å². The van der Waals surface area contributed by atoms with Gasteiger partial charge < -0.3 is 14.3 Å². The highest BCUT2D eigenvalue weighted by atomic mass is 16.5. The maximum Gasteiger partial charge on any atom is 0.276 e. The molecule has 3 heterocycles. The lowest BCUT2D eigenvalue weighted by atomic mass is 9.92. The molecule has 1 aromatic rings. The van der Waals surface area contributed by atoms with Crippen LogP contribution in [0.4, 0.5) is 0 Å². The minimum atomic E-state index is 0.0310. The minimum absolute atomic E-state index is 0.0310. The number of nitrogens with zero attached hydrogens (tertiary/aromatic N) is 3. The van der Waals surface area contributed by atoms with E-state index in [-0.39, 0.29) is 11.8 Å². The van der Waals surface area contributed by atoms with Gasteiger partial charge in [-0.3, -0.25) is 4.79 Å². The zero-order chi connectivity index (χ0) is 14.3. The topological polar surface area (TPSA) is 49.6 Å². The smallest absolute Gasteiger partial charge is 0.276 e. The number of carbonyl (C=O) groups is 1. The van der Waals surface area contributed by atoms with E-state index in [4.69, 9.17) is 4.52 Å². The van der Waals surface area contributed by atoms with Crippen LogP contribution in [0.5, 0.6) is 0 Å². The predicted molar refractivity (Wildman–Crippen MR) is 75.6 cm³/mol. The summed E-state index contributed by atoms with van der Waals surface area (Å²) >= 11 is 0. The summed E-state index contributed by atoms with van der Waals surface area (Å²) in [4.78, 5) is 16.9. The molecule has 0 aliphatic carbocycles. The quantitative estimate of drug-likeness (QED) is 0.829. The van der Waals surface area contributed by atoms with Crippen molar-refractivity contribution in [2.24, 2.45) is 5.92 Å². The Morgan fingerprint density at radius 3 is 2.85 bits per heavy atom. The molecule has 2 atom stereocenters. The van der Waals surface area contributed by atoms with Crippen LogP contribution < -0.4 is 0 Å². The molecular formula is C15H23N3O2. The summed E-state index contributed by atoms with van der Waals surface area (Å²) in [5.41, 5.74) is 0.461. The summed E-state index contributed by atoms with van der Waals surface area (Å²) in [6.07, 6.45) is 2.32. The maximum atomic E-state index is 12.6. The van der Waals surface area contributed by atoms with E-state index in [9.17, 15) is 4.79 Å². The van der Waals surface area contributed by atoms with Crippen molar-refractivity contribution < 1.29 is 9.32 Å². The molecule has 0 spiro atoms. The average molecular weight is 277 g/mol. The third kappa shape index (κ3) is 2.35. The molecule has 2 saturated heterocycles. The van der Waals surface area contributed by atoms with E-state index in [0.29, 0.717) is 17.7 Å². The average Bonchev–Trinajstić information content (AvgIpc) is 3.04. The van der Waals surface area contributed by atoms with Gasteiger partial charge in [0.05, 0.1) is 0 Å². The van der Waals surface area contributed by atoms with Crippen LogP contribution in [0.25, 0.3) is 0 Å². The fourth-order valence-corrected chi connectivity index (χ4v) is 3.36. The molecule has 1 amide bonds. The number of piperidine rings is 1. The highest BCUT2D eigenvalue weighted by Crippen LogP contribution is 2.32. The number of hydrogen-bond acceptors (Lipinski definition) is 4. The van der Waals surface area contributed by atoms with Crippen molar-refractivity contribution in [2.45, 2.75) is 38.6 Å². The Balaban J connectivity index is 1.76. The molecule has 2 aliphatic rings. The molecule has 0 N–H and O–H groups in total. The zero-order valence-electron chi connectivity index (χ0n) is 12.5. The minimum Gasteiger partial charge on any atom is -0.360 e. The van der Waals surface area contributed by atoms with Crippen molar-refractivity contribution in [1.82, 2.24) is 15.0 Å². The van der Waals surface area contributed by atoms with Crippen LogP contribution >= 0.6 is 0 Å². The first-order valence-corrected chi connectivity index (χ1v) is 7.52. The summed E-state index contributed by atoms with van der Waals surface area (Å²) in [6.45, 7) is 7.05. The Labute approximate surface area is 119 Å². The second-order valence-electron chi connectivity index (χ2n) is 6.43. The molecule has 1 aromatic heterocycles. The van der Waals surface area contributed by atoms with Crippen molar-refractivity contribution in [2.75, 3.05) is 26.7 Å². The molecule has 0 radical (unpaired) electrons. The fraction of sp³-hybridized carbons (Fsp3) is 0.733. The monoisotopic (exact) mass is 277 g/mol. The van der Waals surface area contributed by atoms with Crippen LogP contribution in [-0.2, 0) is 0 Å². The zero-order valence-corrected chi connectivity index (χ0v) is 12.5. The SMILES string of the molecule is CC(C)c1cc(C(=O)N2CC[C@H]3CCN(C)C[C@@H]32)no1. The molecule has 0 bridgehead atoms. The lowest BCUT2D eigenvalue weighted by molar-refractivity contribution is 0.0621. The van der Waals surface area contributed by atoms with Crippen LogP contribution in [-0.4, -0.2) is 53.6 Å². The van der Waals surface area contributed by atoms with Gasteiger partial charge in [-0.1, -0.05) is 19.0 Å². The maximum absolute atomic E-state index is 12.6. The summed E-state index contributed by atoms with van der Waals surface area (Å²) in [5.74, 6) is 1.73. The number of likely N-dealkylation sites (tertiary alicyclic amines) is 2. The number of likely N-dealkylation sites (N-methyl/N-ethyl adjacent to an activating group) is 1. The molecule has 0 aromatic carbocycles. The first-order chi connectivity index (χ1) is 9.56. The van der Waals surface area contributed by atoms with Gasteiger partial charge in [0.25, 0.3) is 5.91 Å². The van der Waals surface area contributed by atoms with E-state index in [1.165, 1.54) is 6.42 Å². The highest BCUT2D eigenvalue weighted by Gasteiger charge is 2.40. The second-order valence-corrected chi connectivity index (χ2v) is 6.43. The molecule has 0 unspecified atom stereocenters. The van der Waals surface area contributed by atoms with Crippen LogP contribution in [0.2, 0.25) is 0 Å². The van der Waals surface area contributed by atoms with E-state index >= 15 is 0 Å². The first-order valence-electron chi connectivity index (χ1n) is 7.52. The summed E-state index contributed by atoms with van der Waals surface area (Å²) in [6, 6.07) is 2.15. The Morgan fingerprint density at radius 1 is 1.40 bits per heavy atom. The highest BCUT2D eigenvalue weighted by molar-refractivity contribution is 5.92. The largest absolute Gasteiger partial charge is 0.360 e. The van der Waals surface area contributed by atoms with Crippen LogP contribution in [0, 0.1) is 5.92 Å². The van der Waals surface area contributed by atoms with Gasteiger partial charge in [0.15, 0.2) is 5.69 Å². The van der Waals surface area contributed by atoms with Crippen LogP contribution in [0.15, 0.2) is 10.6 Å². The van der Waals surface area contributed by atoms with Crippen LogP contribution in [0.1, 0.15) is 48.9 Å². The Morgan fingerprint density at radius 2 is 2.15 bits per heavy atom. The van der Waals surface area contributed by atoms with Crippen molar-refractivity contribution in [1.29, 1.82) is 0 Å². The van der Waals surface area contributed by atoms with Crippen molar-refractivity contribution >= 4 is 5.91 Å². The number of fused-ring (bicyclic) bond motifs is 1. The van der Waals surface area contributed by atoms with Crippen molar-refractivity contribution in [3.63, 3.8) is 0 Å². The van der Waals surface area contributed by atoms with Gasteiger partial charge in [-0.05, 0) is 32.4 Å². The lowest BCUT2D eigenvalue weighted by Crippen LogP contribution is -2.48. The molecule has 3 rings (SSSR count). The molecule has 20 heavy (non-hydrogen) atoms. The first kappa shape index (κ1) is 13.6. The number of rotatable bonds is 2. The van der Waals surface area contributed by atoms with Gasteiger partial charge in [0.1, 0.15) is 5.76 Å². The van der Waals surface area contributed by atoms with Gasteiger partial charge in [0, 0.05) is 31.1 Å². The van der Waals surface area contributed by atoms with E-state index in [1.54, 1.807) is 6.07 Å². The number of aromatic nitrogens is 1. The lowest BCUT2D eigenvalue weighted by Gasteiger charge is -2.36. The van der Waals surface area contributed by atoms with E-state index in [0.717, 1.165) is 31.8 Å². The number of amides is 1. The van der Waals surface area contributed by atoms with Gasteiger partial charge in [-0.15, -0.1) is 0 Å². The van der Waals surface area contributed by atoms with Crippen molar-refractivity contribution in [3.05, 3.63) is 17.5 Å². The molecule has 110 valence electrons. The van der Waals surface area contributed by atoms with Gasteiger partial charge in [0.2, 0.25) is 0 Å². The van der Waals surface area contributed by atoms with Gasteiger partial charge in [-0.2, -0.15) is 0 Å². The van der Waals surface area contributed by atoms with E-state index in [1.807, 2.05) is 18.7 Å². The Kier molecular flexibility index (Phi) is 3.54. The standard InChI is InChI=1S/C15H23N3O2/c1-10(2)14-8-12(16-20-14)15(19)18-7-5-11-4-6-17(3)9-13(11)18/h8,10-11,13H,4-7,9H2,1-3H3/t11-,13+/m1/s1. The van der Waals surface area contributed by atoms with Crippen molar-refractivity contribution in [3.8, 4) is 0 Å². The molecular weight excluding hydrogens is 254 g/mol. The fourth-order valence-electron chi connectivity index (χ4n) is 3.36. The second kappa shape index (κ2) is 5.20. The van der Waals surface area contributed by atoms with Gasteiger partial charge in [-0.25, -0.2) is 0 Å². The molecule has 2 aliphatic heterocycles. The summed E-state index contributed by atoms with van der Waals surface area (Å²) in [5, 5.41) is 3.96. The van der Waals surface area contributed by atoms with Crippen LogP contribution in [0.3, 0.4) is 0 Å². The molecule has 5 heteroatoms. The molecule has 2 fully saturated rings. The van der Waals surface area contributed by atoms with E-state index in [2.05, 4.69) is 17.1 Å². The Bertz CT molecular complexity index is 497. The molecule has 5 nitrogen and oxygen atoms in total. The van der Waals surface area contributed by atoms with Gasteiger partial charge >= 0.3 is 0 Å². The Hall–Kier alpha value is -1.36. The third-order valence-corrected chi connectivity index (χ3v) is 4.64.